The summed E-state index contributed by atoms with van der Waals surface area (Å²) in [5.74, 6) is -1.72. The van der Waals surface area contributed by atoms with Crippen molar-refractivity contribution in [2.45, 2.75) is 18.9 Å². The number of urea groups is 1. The summed E-state index contributed by atoms with van der Waals surface area (Å²) >= 11 is 0. The molecule has 1 aliphatic rings. The highest BCUT2D eigenvalue weighted by Gasteiger charge is 2.24. The maximum absolute atomic E-state index is 13.6. The van der Waals surface area contributed by atoms with E-state index in [9.17, 15) is 18.4 Å². The first kappa shape index (κ1) is 17.8. The molecule has 1 aliphatic heterocycles. The molecule has 1 saturated heterocycles. The topological polar surface area (TPSA) is 74.3 Å². The van der Waals surface area contributed by atoms with Crippen LogP contribution in [0.4, 0.5) is 19.3 Å². The Morgan fingerprint density at radius 1 is 1.15 bits per heavy atom. The van der Waals surface area contributed by atoms with Crippen molar-refractivity contribution in [1.29, 1.82) is 0 Å². The molecule has 2 N–H and O–H groups in total. The number of hydrogen-bond acceptors (Lipinski definition) is 3. The van der Waals surface area contributed by atoms with Crippen LogP contribution >= 0.6 is 0 Å². The molecule has 0 aliphatic carbocycles. The summed E-state index contributed by atoms with van der Waals surface area (Å²) in [7, 11) is 0. The molecule has 1 aromatic heterocycles. The predicted octanol–water partition coefficient (Wildman–Crippen LogP) is 2.79. The van der Waals surface area contributed by atoms with Crippen LogP contribution in [0, 0.1) is 11.6 Å². The average molecular weight is 360 g/mol. The molecule has 2 heterocycles. The Balaban J connectivity index is 1.50. The highest BCUT2D eigenvalue weighted by molar-refractivity contribution is 5.94. The minimum Gasteiger partial charge on any atom is -0.349 e. The van der Waals surface area contributed by atoms with Crippen molar-refractivity contribution in [3.63, 3.8) is 0 Å². The molecule has 0 atom stereocenters. The maximum Gasteiger partial charge on any atom is 0.321 e. The number of likely N-dealkylation sites (tertiary alicyclic amines) is 1. The summed E-state index contributed by atoms with van der Waals surface area (Å²) in [5, 5.41) is 5.36. The molecule has 0 radical (unpaired) electrons. The largest absolute Gasteiger partial charge is 0.349 e. The van der Waals surface area contributed by atoms with Crippen molar-refractivity contribution in [2.75, 3.05) is 18.4 Å². The smallest absolute Gasteiger partial charge is 0.321 e. The Kier molecular flexibility index (Phi) is 5.40. The van der Waals surface area contributed by atoms with Gasteiger partial charge in [-0.15, -0.1) is 0 Å². The lowest BCUT2D eigenvalue weighted by Gasteiger charge is -2.32. The van der Waals surface area contributed by atoms with Gasteiger partial charge in [-0.25, -0.2) is 13.6 Å². The van der Waals surface area contributed by atoms with Crippen LogP contribution in [0.15, 0.2) is 42.7 Å². The van der Waals surface area contributed by atoms with Crippen LogP contribution in [0.1, 0.15) is 23.2 Å². The van der Waals surface area contributed by atoms with E-state index in [1.165, 1.54) is 17.2 Å². The lowest BCUT2D eigenvalue weighted by Crippen LogP contribution is -2.47. The van der Waals surface area contributed by atoms with Gasteiger partial charge >= 0.3 is 6.03 Å². The zero-order chi connectivity index (χ0) is 18.5. The molecule has 0 spiro atoms. The van der Waals surface area contributed by atoms with Crippen molar-refractivity contribution in [2.24, 2.45) is 0 Å². The van der Waals surface area contributed by atoms with Crippen LogP contribution in [-0.2, 0) is 0 Å². The second-order valence-electron chi connectivity index (χ2n) is 6.03. The van der Waals surface area contributed by atoms with Gasteiger partial charge < -0.3 is 15.5 Å². The van der Waals surface area contributed by atoms with Gasteiger partial charge in [-0.1, -0.05) is 0 Å². The number of carbonyl (C=O) groups excluding carboxylic acids is 2. The number of benzene rings is 1. The molecule has 0 unspecified atom stereocenters. The summed E-state index contributed by atoms with van der Waals surface area (Å²) in [6.07, 6.45) is 4.27. The summed E-state index contributed by atoms with van der Waals surface area (Å²) in [4.78, 5) is 29.8. The Labute approximate surface area is 149 Å². The average Bonchev–Trinajstić information content (AvgIpc) is 2.65. The van der Waals surface area contributed by atoms with Gasteiger partial charge in [0.15, 0.2) is 0 Å². The van der Waals surface area contributed by atoms with E-state index in [1.54, 1.807) is 18.3 Å². The van der Waals surface area contributed by atoms with Gasteiger partial charge in [0.1, 0.15) is 11.6 Å². The second-order valence-corrected chi connectivity index (χ2v) is 6.03. The Morgan fingerprint density at radius 2 is 1.92 bits per heavy atom. The zero-order valence-corrected chi connectivity index (χ0v) is 13.9. The number of nitrogens with one attached hydrogen (secondary N) is 2. The molecule has 0 saturated carbocycles. The fraction of sp³-hybridized carbons (Fsp3) is 0.278. The van der Waals surface area contributed by atoms with Crippen LogP contribution in [-0.4, -0.2) is 41.0 Å². The third kappa shape index (κ3) is 4.33. The van der Waals surface area contributed by atoms with Gasteiger partial charge in [0.05, 0.1) is 11.3 Å². The summed E-state index contributed by atoms with van der Waals surface area (Å²) in [5.41, 5.74) is 0.419. The van der Waals surface area contributed by atoms with Gasteiger partial charge in [-0.05, 0) is 37.1 Å². The number of hydrogen-bond donors (Lipinski definition) is 2. The number of halogens is 2. The highest BCUT2D eigenvalue weighted by Crippen LogP contribution is 2.17. The van der Waals surface area contributed by atoms with E-state index in [0.29, 0.717) is 31.5 Å². The fourth-order valence-electron chi connectivity index (χ4n) is 2.78. The standard InChI is InChI=1S/C18H18F2N4O2/c19-13-3-4-16(15(20)10-13)23-18(26)24-8-5-14(6-9-24)22-17(25)12-2-1-7-21-11-12/h1-4,7,10-11,14H,5-6,8-9H2,(H,22,25)(H,23,26). The van der Waals surface area contributed by atoms with Crippen LogP contribution in [0.2, 0.25) is 0 Å². The molecule has 8 heteroatoms. The summed E-state index contributed by atoms with van der Waals surface area (Å²) in [6.45, 7) is 0.846. The van der Waals surface area contributed by atoms with E-state index < -0.39 is 17.7 Å². The molecule has 3 rings (SSSR count). The third-order valence-electron chi connectivity index (χ3n) is 4.21. The van der Waals surface area contributed by atoms with Crippen molar-refractivity contribution in [3.05, 3.63) is 59.9 Å². The molecule has 26 heavy (non-hydrogen) atoms. The van der Waals surface area contributed by atoms with E-state index in [2.05, 4.69) is 15.6 Å². The van der Waals surface area contributed by atoms with Gasteiger partial charge in [0.2, 0.25) is 0 Å². The zero-order valence-electron chi connectivity index (χ0n) is 13.9. The SMILES string of the molecule is O=C(NC1CCN(C(=O)Nc2ccc(F)cc2F)CC1)c1cccnc1. The minimum atomic E-state index is -0.822. The van der Waals surface area contributed by atoms with Crippen molar-refractivity contribution < 1.29 is 18.4 Å². The molecule has 6 nitrogen and oxygen atoms in total. The third-order valence-corrected chi connectivity index (χ3v) is 4.21. The molecule has 136 valence electrons. The van der Waals surface area contributed by atoms with Crippen LogP contribution in [0.3, 0.4) is 0 Å². The maximum atomic E-state index is 13.6. The van der Waals surface area contributed by atoms with E-state index in [-0.39, 0.29) is 17.6 Å². The van der Waals surface area contributed by atoms with Crippen LogP contribution in [0.5, 0.6) is 0 Å². The van der Waals surface area contributed by atoms with Gasteiger partial charge in [0, 0.05) is 37.6 Å². The molecule has 1 fully saturated rings. The monoisotopic (exact) mass is 360 g/mol. The van der Waals surface area contributed by atoms with E-state index in [0.717, 1.165) is 12.1 Å². The number of aromatic nitrogens is 1. The molecule has 1 aromatic carbocycles. The Hall–Kier alpha value is -3.03. The molecular formula is C18H18F2N4O2. The Morgan fingerprint density at radius 3 is 2.58 bits per heavy atom. The van der Waals surface area contributed by atoms with Crippen molar-refractivity contribution in [1.82, 2.24) is 15.2 Å². The van der Waals surface area contributed by atoms with Gasteiger partial charge in [-0.2, -0.15) is 0 Å². The fourth-order valence-corrected chi connectivity index (χ4v) is 2.78. The molecular weight excluding hydrogens is 342 g/mol. The number of rotatable bonds is 3. The van der Waals surface area contributed by atoms with E-state index in [4.69, 9.17) is 0 Å². The van der Waals surface area contributed by atoms with Crippen molar-refractivity contribution >= 4 is 17.6 Å². The lowest BCUT2D eigenvalue weighted by molar-refractivity contribution is 0.0919. The van der Waals surface area contributed by atoms with Gasteiger partial charge in [0.25, 0.3) is 5.91 Å². The first-order valence-corrected chi connectivity index (χ1v) is 8.25. The van der Waals surface area contributed by atoms with E-state index in [1.807, 2.05) is 0 Å². The molecule has 2 aromatic rings. The Bertz CT molecular complexity index is 793. The number of piperidine rings is 1. The predicted molar refractivity (Wildman–Crippen MR) is 91.7 cm³/mol. The summed E-state index contributed by atoms with van der Waals surface area (Å²) in [6, 6.07) is 5.86. The molecule has 3 amide bonds. The number of nitrogens with zero attached hydrogens (tertiary/aromatic N) is 2. The van der Waals surface area contributed by atoms with Crippen LogP contribution in [0.25, 0.3) is 0 Å². The number of anilines is 1. The highest BCUT2D eigenvalue weighted by atomic mass is 19.1. The quantitative estimate of drug-likeness (QED) is 0.884. The van der Waals surface area contributed by atoms with E-state index >= 15 is 0 Å². The first-order chi connectivity index (χ1) is 12.5. The second kappa shape index (κ2) is 7.90. The molecule has 0 bridgehead atoms. The first-order valence-electron chi connectivity index (χ1n) is 8.25. The lowest BCUT2D eigenvalue weighted by atomic mass is 10.0. The van der Waals surface area contributed by atoms with Gasteiger partial charge in [-0.3, -0.25) is 9.78 Å². The normalized spacial score (nSPS) is 14.8. The van der Waals surface area contributed by atoms with Crippen molar-refractivity contribution in [3.8, 4) is 0 Å². The summed E-state index contributed by atoms with van der Waals surface area (Å²) < 4.78 is 26.5. The van der Waals surface area contributed by atoms with Crippen LogP contribution < -0.4 is 10.6 Å². The number of amides is 3. The number of pyridine rings is 1. The number of carbonyl (C=O) groups is 2. The minimum absolute atomic E-state index is 0.0469.